The average Bonchev–Trinajstić information content (AvgIpc) is 3.29. The van der Waals surface area contributed by atoms with Gasteiger partial charge in [0, 0.05) is 12.6 Å². The van der Waals surface area contributed by atoms with E-state index >= 15 is 0 Å². The van der Waals surface area contributed by atoms with Gasteiger partial charge in [-0.1, -0.05) is 19.9 Å². The summed E-state index contributed by atoms with van der Waals surface area (Å²) in [5, 5.41) is 0. The minimum Gasteiger partial charge on any atom is -0.478 e. The summed E-state index contributed by atoms with van der Waals surface area (Å²) in [7, 11) is 0. The zero-order valence-corrected chi connectivity index (χ0v) is 13.0. The lowest BCUT2D eigenvalue weighted by atomic mass is 9.99. The zero-order valence-electron chi connectivity index (χ0n) is 13.0. The number of carbonyl (C=O) groups excluding carboxylic acids is 1. The van der Waals surface area contributed by atoms with Gasteiger partial charge in [0.2, 0.25) is 0 Å². The van der Waals surface area contributed by atoms with Crippen molar-refractivity contribution in [3.63, 3.8) is 0 Å². The zero-order chi connectivity index (χ0) is 15.1. The molecule has 3 rings (SSSR count). The molecule has 0 saturated heterocycles. The number of nitrogens with zero attached hydrogens (tertiary/aromatic N) is 1. The van der Waals surface area contributed by atoms with Crippen LogP contribution in [-0.4, -0.2) is 18.6 Å². The van der Waals surface area contributed by atoms with E-state index in [1.165, 1.54) is 12.8 Å². The number of ether oxygens (including phenoxy) is 1. The van der Waals surface area contributed by atoms with Gasteiger partial charge in [0.1, 0.15) is 5.75 Å². The van der Waals surface area contributed by atoms with Crippen LogP contribution >= 0.6 is 0 Å². The smallest absolute Gasteiger partial charge is 0.268 e. The number of hydrogen-bond donors (Lipinski definition) is 1. The van der Waals surface area contributed by atoms with Crippen molar-refractivity contribution in [2.24, 2.45) is 17.6 Å². The summed E-state index contributed by atoms with van der Waals surface area (Å²) < 4.78 is 5.92. The van der Waals surface area contributed by atoms with E-state index < -0.39 is 0 Å². The lowest BCUT2D eigenvalue weighted by Crippen LogP contribution is -2.48. The Labute approximate surface area is 126 Å². The summed E-state index contributed by atoms with van der Waals surface area (Å²) in [6.07, 6.45) is 2.03. The van der Waals surface area contributed by atoms with Crippen molar-refractivity contribution in [1.82, 2.24) is 0 Å². The molecule has 0 bridgehead atoms. The first-order valence-electron chi connectivity index (χ1n) is 7.90. The van der Waals surface area contributed by atoms with Gasteiger partial charge in [0.05, 0.1) is 5.69 Å². The molecule has 2 aliphatic rings. The minimum atomic E-state index is -0.389. The molecule has 4 nitrogen and oxygen atoms in total. The largest absolute Gasteiger partial charge is 0.478 e. The second-order valence-corrected chi connectivity index (χ2v) is 6.46. The topological polar surface area (TPSA) is 55.6 Å². The molecule has 0 spiro atoms. The molecular formula is C17H24N2O2. The number of hydrogen-bond acceptors (Lipinski definition) is 3. The maximum Gasteiger partial charge on any atom is 0.268 e. The Hall–Kier alpha value is -1.55. The lowest BCUT2D eigenvalue weighted by Gasteiger charge is -2.36. The van der Waals surface area contributed by atoms with Crippen LogP contribution in [0.15, 0.2) is 18.2 Å². The van der Waals surface area contributed by atoms with Crippen molar-refractivity contribution in [2.45, 2.75) is 45.8 Å². The Morgan fingerprint density at radius 3 is 2.67 bits per heavy atom. The molecular weight excluding hydrogens is 264 g/mol. The number of carbonyl (C=O) groups is 1. The van der Waals surface area contributed by atoms with Gasteiger partial charge in [-0.25, -0.2) is 0 Å². The first kappa shape index (κ1) is 14.4. The molecule has 1 saturated carbocycles. The Bertz CT molecular complexity index is 552. The van der Waals surface area contributed by atoms with E-state index in [1.807, 2.05) is 43.9 Å². The summed E-state index contributed by atoms with van der Waals surface area (Å²) in [6, 6.07) is 6.13. The van der Waals surface area contributed by atoms with E-state index in [0.29, 0.717) is 12.5 Å². The third kappa shape index (κ3) is 2.53. The molecule has 1 heterocycles. The SMILES string of the molecule is CCN1C(=O)C(C(C)C)Oc2ccc(C(N)C3CC3)cc21. The summed E-state index contributed by atoms with van der Waals surface area (Å²) >= 11 is 0. The number of likely N-dealkylation sites (N-methyl/N-ethyl adjacent to an activating group) is 1. The van der Waals surface area contributed by atoms with Gasteiger partial charge < -0.3 is 15.4 Å². The van der Waals surface area contributed by atoms with E-state index in [2.05, 4.69) is 0 Å². The fourth-order valence-corrected chi connectivity index (χ4v) is 2.99. The van der Waals surface area contributed by atoms with Gasteiger partial charge in [-0.15, -0.1) is 0 Å². The summed E-state index contributed by atoms with van der Waals surface area (Å²) in [5.74, 6) is 1.61. The molecule has 1 aromatic carbocycles. The Morgan fingerprint density at radius 2 is 2.10 bits per heavy atom. The molecule has 0 radical (unpaired) electrons. The fraction of sp³-hybridized carbons (Fsp3) is 0.588. The monoisotopic (exact) mass is 288 g/mol. The number of nitrogens with two attached hydrogens (primary N) is 1. The number of benzene rings is 1. The summed E-state index contributed by atoms with van der Waals surface area (Å²) in [4.78, 5) is 14.4. The standard InChI is InChI=1S/C17H24N2O2/c1-4-19-13-9-12(15(18)11-5-6-11)7-8-14(13)21-16(10(2)3)17(19)20/h7-11,15-16H,4-6,18H2,1-3H3. The molecule has 1 aliphatic carbocycles. The first-order chi connectivity index (χ1) is 10.0. The molecule has 1 fully saturated rings. The van der Waals surface area contributed by atoms with Crippen LogP contribution in [0, 0.1) is 11.8 Å². The third-order valence-electron chi connectivity index (χ3n) is 4.47. The van der Waals surface area contributed by atoms with Crippen LogP contribution < -0.4 is 15.4 Å². The number of amides is 1. The molecule has 1 aliphatic heterocycles. The van der Waals surface area contributed by atoms with Crippen molar-refractivity contribution in [2.75, 3.05) is 11.4 Å². The van der Waals surface area contributed by atoms with Gasteiger partial charge in [-0.3, -0.25) is 4.79 Å². The van der Waals surface area contributed by atoms with Gasteiger partial charge >= 0.3 is 0 Å². The molecule has 1 amide bonds. The predicted octanol–water partition coefficient (Wildman–Crippen LogP) is 2.87. The Kier molecular flexibility index (Phi) is 3.66. The van der Waals surface area contributed by atoms with Crippen LogP contribution in [0.3, 0.4) is 0 Å². The van der Waals surface area contributed by atoms with Crippen molar-refractivity contribution in [1.29, 1.82) is 0 Å². The predicted molar refractivity (Wildman–Crippen MR) is 83.4 cm³/mol. The Balaban J connectivity index is 1.96. The second-order valence-electron chi connectivity index (χ2n) is 6.46. The first-order valence-corrected chi connectivity index (χ1v) is 7.90. The highest BCUT2D eigenvalue weighted by Gasteiger charge is 2.36. The molecule has 2 N–H and O–H groups in total. The van der Waals surface area contributed by atoms with Gasteiger partial charge in [0.15, 0.2) is 6.10 Å². The number of anilines is 1. The maximum absolute atomic E-state index is 12.6. The van der Waals surface area contributed by atoms with Crippen LogP contribution in [0.2, 0.25) is 0 Å². The summed E-state index contributed by atoms with van der Waals surface area (Å²) in [6.45, 7) is 6.68. The molecule has 4 heteroatoms. The van der Waals surface area contributed by atoms with Crippen molar-refractivity contribution in [3.8, 4) is 5.75 Å². The van der Waals surface area contributed by atoms with E-state index in [1.54, 1.807) is 0 Å². The van der Waals surface area contributed by atoms with Crippen LogP contribution in [0.5, 0.6) is 5.75 Å². The molecule has 2 atom stereocenters. The van der Waals surface area contributed by atoms with Gasteiger partial charge in [-0.05, 0) is 49.3 Å². The second kappa shape index (κ2) is 5.34. The van der Waals surface area contributed by atoms with E-state index in [4.69, 9.17) is 10.5 Å². The van der Waals surface area contributed by atoms with Gasteiger partial charge in [-0.2, -0.15) is 0 Å². The van der Waals surface area contributed by atoms with Crippen molar-refractivity contribution < 1.29 is 9.53 Å². The van der Waals surface area contributed by atoms with E-state index in [0.717, 1.165) is 17.0 Å². The van der Waals surface area contributed by atoms with Crippen LogP contribution in [-0.2, 0) is 4.79 Å². The number of rotatable bonds is 4. The van der Waals surface area contributed by atoms with Crippen molar-refractivity contribution in [3.05, 3.63) is 23.8 Å². The lowest BCUT2D eigenvalue weighted by molar-refractivity contribution is -0.128. The summed E-state index contributed by atoms with van der Waals surface area (Å²) in [5.41, 5.74) is 8.26. The normalized spacial score (nSPS) is 23.0. The van der Waals surface area contributed by atoms with Crippen LogP contribution in [0.1, 0.15) is 45.2 Å². The maximum atomic E-state index is 12.6. The van der Waals surface area contributed by atoms with Crippen LogP contribution in [0.25, 0.3) is 0 Å². The molecule has 2 unspecified atom stereocenters. The molecule has 114 valence electrons. The van der Waals surface area contributed by atoms with E-state index in [9.17, 15) is 4.79 Å². The number of fused-ring (bicyclic) bond motifs is 1. The Morgan fingerprint density at radius 1 is 1.38 bits per heavy atom. The van der Waals surface area contributed by atoms with Crippen LogP contribution in [0.4, 0.5) is 5.69 Å². The van der Waals surface area contributed by atoms with Crippen molar-refractivity contribution >= 4 is 11.6 Å². The molecule has 0 aromatic heterocycles. The highest BCUT2D eigenvalue weighted by molar-refractivity contribution is 6.00. The quantitative estimate of drug-likeness (QED) is 0.927. The molecule has 21 heavy (non-hydrogen) atoms. The van der Waals surface area contributed by atoms with Gasteiger partial charge in [0.25, 0.3) is 5.91 Å². The van der Waals surface area contributed by atoms with E-state index in [-0.39, 0.29) is 24.0 Å². The highest BCUT2D eigenvalue weighted by atomic mass is 16.5. The minimum absolute atomic E-state index is 0.0529. The third-order valence-corrected chi connectivity index (χ3v) is 4.47. The highest BCUT2D eigenvalue weighted by Crippen LogP contribution is 2.43. The fourth-order valence-electron chi connectivity index (χ4n) is 2.99. The average molecular weight is 288 g/mol. The molecule has 1 aromatic rings.